The molecule has 37 heavy (non-hydrogen) atoms. The average Bonchev–Trinajstić information content (AvgIpc) is 3.24. The molecule has 4 aromatic rings. The van der Waals surface area contributed by atoms with E-state index in [0.29, 0.717) is 40.4 Å². The lowest BCUT2D eigenvalue weighted by Gasteiger charge is -2.56. The van der Waals surface area contributed by atoms with Crippen LogP contribution in [0.4, 0.5) is 8.78 Å². The van der Waals surface area contributed by atoms with E-state index in [1.807, 2.05) is 36.4 Å². The lowest BCUT2D eigenvalue weighted by atomic mass is 9.50. The Kier molecular flexibility index (Phi) is 5.59. The van der Waals surface area contributed by atoms with E-state index in [1.165, 1.54) is 18.2 Å². The van der Waals surface area contributed by atoms with Crippen LogP contribution in [0.15, 0.2) is 72.9 Å². The van der Waals surface area contributed by atoms with E-state index in [-0.39, 0.29) is 35.6 Å². The Bertz CT molecular complexity index is 1510. The first-order chi connectivity index (χ1) is 17.8. The molecule has 5 nitrogen and oxygen atoms in total. The lowest BCUT2D eigenvalue weighted by molar-refractivity contribution is -0.155. The number of halogens is 2. The number of rotatable bonds is 6. The summed E-state index contributed by atoms with van der Waals surface area (Å²) in [6.45, 7) is 0.280. The molecule has 0 radical (unpaired) electrons. The van der Waals surface area contributed by atoms with Crippen LogP contribution >= 0.6 is 0 Å². The Morgan fingerprint density at radius 1 is 0.946 bits per heavy atom. The third kappa shape index (κ3) is 4.18. The minimum Gasteiger partial charge on any atom is -0.481 e. The molecule has 0 unspecified atom stereocenters. The van der Waals surface area contributed by atoms with Crippen molar-refractivity contribution in [2.24, 2.45) is 11.3 Å². The number of benzene rings is 3. The van der Waals surface area contributed by atoms with Gasteiger partial charge in [-0.2, -0.15) is 0 Å². The molecule has 2 aliphatic carbocycles. The number of carbonyl (C=O) groups is 2. The van der Waals surface area contributed by atoms with Crippen LogP contribution in [0, 0.1) is 23.0 Å². The van der Waals surface area contributed by atoms with E-state index in [2.05, 4.69) is 5.32 Å². The van der Waals surface area contributed by atoms with Gasteiger partial charge in [-0.15, -0.1) is 0 Å². The quantitative estimate of drug-likeness (QED) is 0.341. The van der Waals surface area contributed by atoms with Gasteiger partial charge in [0.2, 0.25) is 0 Å². The normalized spacial score (nSPS) is 22.4. The lowest BCUT2D eigenvalue weighted by Crippen LogP contribution is -2.57. The third-order valence-corrected chi connectivity index (χ3v) is 7.99. The van der Waals surface area contributed by atoms with E-state index in [0.717, 1.165) is 18.4 Å². The Balaban J connectivity index is 1.22. The highest BCUT2D eigenvalue weighted by Crippen LogP contribution is 2.58. The van der Waals surface area contributed by atoms with Crippen LogP contribution in [0.2, 0.25) is 0 Å². The summed E-state index contributed by atoms with van der Waals surface area (Å²) >= 11 is 0. The molecule has 188 valence electrons. The zero-order valence-corrected chi connectivity index (χ0v) is 20.1. The molecule has 0 saturated heterocycles. The maximum absolute atomic E-state index is 14.9. The second kappa shape index (κ2) is 8.83. The molecule has 0 atom stereocenters. The summed E-state index contributed by atoms with van der Waals surface area (Å²) in [5.74, 6) is -2.08. The number of carbonyl (C=O) groups excluding carboxylic acids is 1. The van der Waals surface area contributed by atoms with Crippen molar-refractivity contribution in [3.05, 3.63) is 95.7 Å². The minimum absolute atomic E-state index is 0.0228. The standard InChI is InChI=1S/C30H26F2N2O3/c31-25-9-8-24(28(35)33-21-15-30(16-21)13-20(14-30)29(36)37)27-23(25)10-11-34(27)17-18-6-7-22(26(32)12-18)19-4-2-1-3-5-19/h1-12,20-21H,13-17H2,(H,33,35)(H,36,37). The van der Waals surface area contributed by atoms with Crippen molar-refractivity contribution in [1.29, 1.82) is 0 Å². The summed E-state index contributed by atoms with van der Waals surface area (Å²) in [6.07, 6.45) is 4.57. The van der Waals surface area contributed by atoms with Gasteiger partial charge in [0.05, 0.1) is 17.0 Å². The second-order valence-corrected chi connectivity index (χ2v) is 10.5. The number of aliphatic carboxylic acids is 1. The number of nitrogens with one attached hydrogen (secondary N) is 1. The number of carboxylic acid groups (broad SMARTS) is 1. The number of hydrogen-bond acceptors (Lipinski definition) is 2. The van der Waals surface area contributed by atoms with Gasteiger partial charge in [-0.05, 0) is 66.5 Å². The zero-order valence-electron chi connectivity index (χ0n) is 20.1. The van der Waals surface area contributed by atoms with Crippen LogP contribution in [0.25, 0.3) is 22.0 Å². The van der Waals surface area contributed by atoms with Crippen molar-refractivity contribution >= 4 is 22.8 Å². The van der Waals surface area contributed by atoms with Gasteiger partial charge in [-0.25, -0.2) is 8.78 Å². The molecule has 1 aromatic heterocycles. The fraction of sp³-hybridized carbons (Fsp3) is 0.267. The summed E-state index contributed by atoms with van der Waals surface area (Å²) in [5.41, 5.74) is 2.86. The minimum atomic E-state index is -0.748. The molecule has 3 aromatic carbocycles. The van der Waals surface area contributed by atoms with Gasteiger partial charge in [0.1, 0.15) is 11.6 Å². The fourth-order valence-corrected chi connectivity index (χ4v) is 6.16. The van der Waals surface area contributed by atoms with Crippen LogP contribution in [0.5, 0.6) is 0 Å². The third-order valence-electron chi connectivity index (χ3n) is 7.99. The van der Waals surface area contributed by atoms with Crippen LogP contribution < -0.4 is 5.32 Å². The zero-order chi connectivity index (χ0) is 25.7. The van der Waals surface area contributed by atoms with E-state index >= 15 is 0 Å². The molecule has 7 heteroatoms. The maximum Gasteiger partial charge on any atom is 0.306 e. The largest absolute Gasteiger partial charge is 0.481 e. The first-order valence-electron chi connectivity index (χ1n) is 12.5. The van der Waals surface area contributed by atoms with Gasteiger partial charge >= 0.3 is 5.97 Å². The van der Waals surface area contributed by atoms with Gasteiger partial charge in [-0.1, -0.05) is 42.5 Å². The highest BCUT2D eigenvalue weighted by molar-refractivity contribution is 6.06. The maximum atomic E-state index is 14.9. The Labute approximate surface area is 212 Å². The highest BCUT2D eigenvalue weighted by Gasteiger charge is 2.55. The van der Waals surface area contributed by atoms with E-state index < -0.39 is 11.8 Å². The van der Waals surface area contributed by atoms with Crippen LogP contribution in [0.1, 0.15) is 41.6 Å². The van der Waals surface area contributed by atoms with E-state index in [9.17, 15) is 18.4 Å². The number of aromatic nitrogens is 1. The monoisotopic (exact) mass is 500 g/mol. The molecule has 0 aliphatic heterocycles. The Morgan fingerprint density at radius 3 is 2.41 bits per heavy atom. The summed E-state index contributed by atoms with van der Waals surface area (Å²) in [6, 6.07) is 18.7. The number of carboxylic acids is 1. The van der Waals surface area contributed by atoms with Crippen LogP contribution in [-0.2, 0) is 11.3 Å². The van der Waals surface area contributed by atoms with Crippen molar-refractivity contribution < 1.29 is 23.5 Å². The van der Waals surface area contributed by atoms with E-state index in [4.69, 9.17) is 5.11 Å². The average molecular weight is 501 g/mol. The van der Waals surface area contributed by atoms with Gasteiger partial charge in [0.15, 0.2) is 0 Å². The number of amides is 1. The van der Waals surface area contributed by atoms with Crippen molar-refractivity contribution in [2.75, 3.05) is 0 Å². The topological polar surface area (TPSA) is 71.3 Å². The van der Waals surface area contributed by atoms with Crippen molar-refractivity contribution in [1.82, 2.24) is 9.88 Å². The van der Waals surface area contributed by atoms with Crippen molar-refractivity contribution in [3.8, 4) is 11.1 Å². The van der Waals surface area contributed by atoms with Gasteiger partial charge in [0, 0.05) is 29.7 Å². The molecule has 1 heterocycles. The number of fused-ring (bicyclic) bond motifs is 1. The molecule has 6 rings (SSSR count). The second-order valence-electron chi connectivity index (χ2n) is 10.5. The van der Waals surface area contributed by atoms with Crippen molar-refractivity contribution in [2.45, 2.75) is 38.3 Å². The van der Waals surface area contributed by atoms with Crippen LogP contribution in [-0.4, -0.2) is 27.6 Å². The Morgan fingerprint density at radius 2 is 1.70 bits per heavy atom. The Hall–Kier alpha value is -4.00. The molecule has 2 fully saturated rings. The predicted molar refractivity (Wildman–Crippen MR) is 136 cm³/mol. The molecule has 2 saturated carbocycles. The molecule has 1 spiro atoms. The molecule has 1 amide bonds. The number of hydrogen-bond donors (Lipinski definition) is 2. The molecule has 0 bridgehead atoms. The van der Waals surface area contributed by atoms with Crippen LogP contribution in [0.3, 0.4) is 0 Å². The first kappa shape index (κ1) is 23.4. The predicted octanol–water partition coefficient (Wildman–Crippen LogP) is 6.01. The molecule has 2 aliphatic rings. The fourth-order valence-electron chi connectivity index (χ4n) is 6.16. The van der Waals surface area contributed by atoms with Gasteiger partial charge < -0.3 is 15.0 Å². The summed E-state index contributed by atoms with van der Waals surface area (Å²) in [5, 5.41) is 12.5. The van der Waals surface area contributed by atoms with E-state index in [1.54, 1.807) is 22.9 Å². The summed E-state index contributed by atoms with van der Waals surface area (Å²) in [7, 11) is 0. The molecular weight excluding hydrogens is 474 g/mol. The van der Waals surface area contributed by atoms with Gasteiger partial charge in [0.25, 0.3) is 5.91 Å². The first-order valence-corrected chi connectivity index (χ1v) is 12.5. The molecule has 2 N–H and O–H groups in total. The SMILES string of the molecule is O=C(NC1CC2(C1)CC(C(=O)O)C2)c1ccc(F)c2ccn(Cc3ccc(-c4ccccc4)c(F)c3)c12. The van der Waals surface area contributed by atoms with Crippen molar-refractivity contribution in [3.63, 3.8) is 0 Å². The van der Waals surface area contributed by atoms with Gasteiger partial charge in [-0.3, -0.25) is 9.59 Å². The summed E-state index contributed by atoms with van der Waals surface area (Å²) < 4.78 is 31.3. The summed E-state index contributed by atoms with van der Waals surface area (Å²) in [4.78, 5) is 24.3. The number of nitrogens with zero attached hydrogens (tertiary/aromatic N) is 1. The highest BCUT2D eigenvalue weighted by atomic mass is 19.1. The molecular formula is C30H26F2N2O3. The smallest absolute Gasteiger partial charge is 0.306 e.